The number of ether oxygens (including phenoxy) is 1. The van der Waals surface area contributed by atoms with E-state index in [0.717, 1.165) is 0 Å². The maximum atomic E-state index is 11.6. The van der Waals surface area contributed by atoms with Crippen LogP contribution in [0.3, 0.4) is 0 Å². The highest BCUT2D eigenvalue weighted by molar-refractivity contribution is 7.09. The third kappa shape index (κ3) is 1.78. The molecule has 0 radical (unpaired) electrons. The molecule has 0 atom stereocenters. The number of hydrogen-bond donors (Lipinski definition) is 1. The molecule has 4 nitrogen and oxygen atoms in total. The summed E-state index contributed by atoms with van der Waals surface area (Å²) in [6.07, 6.45) is 0. The van der Waals surface area contributed by atoms with Gasteiger partial charge in [0.1, 0.15) is 0 Å². The number of nitrogens with one attached hydrogen (secondary N) is 1. The highest BCUT2D eigenvalue weighted by atomic mass is 32.1. The van der Waals surface area contributed by atoms with E-state index >= 15 is 0 Å². The largest absolute Gasteiger partial charge is 0.491 e. The number of rotatable bonds is 3. The van der Waals surface area contributed by atoms with Crippen LogP contribution in [0.15, 0.2) is 22.1 Å². The predicted octanol–water partition coefficient (Wildman–Crippen LogP) is 1.99. The molecule has 0 saturated heterocycles. The zero-order valence-electron chi connectivity index (χ0n) is 8.24. The normalized spacial score (nSPS) is 10.5. The second kappa shape index (κ2) is 3.86. The van der Waals surface area contributed by atoms with Crippen LogP contribution in [0.25, 0.3) is 16.7 Å². The Morgan fingerprint density at radius 3 is 3.20 bits per heavy atom. The van der Waals surface area contributed by atoms with Crippen molar-refractivity contribution in [3.8, 4) is 0 Å². The van der Waals surface area contributed by atoms with Gasteiger partial charge in [0.05, 0.1) is 17.5 Å². The van der Waals surface area contributed by atoms with Gasteiger partial charge in [-0.05, 0) is 6.92 Å². The Morgan fingerprint density at radius 2 is 2.47 bits per heavy atom. The standard InChI is InChI=1S/C10H10N2O2S/c1-3-14-6(2)9-11-8-5-15-4-7(8)10(13)12-9/h4-5H,2-3H2,1H3,(H,11,12,13). The van der Waals surface area contributed by atoms with Gasteiger partial charge in [-0.1, -0.05) is 6.58 Å². The highest BCUT2D eigenvalue weighted by Crippen LogP contribution is 2.15. The zero-order valence-corrected chi connectivity index (χ0v) is 9.06. The first-order valence-corrected chi connectivity index (χ1v) is 5.45. The van der Waals surface area contributed by atoms with Crippen molar-refractivity contribution in [2.24, 2.45) is 0 Å². The average molecular weight is 222 g/mol. The van der Waals surface area contributed by atoms with E-state index in [-0.39, 0.29) is 5.56 Å². The number of fused-ring (bicyclic) bond motifs is 1. The Morgan fingerprint density at radius 1 is 1.67 bits per heavy atom. The molecule has 0 fully saturated rings. The Balaban J connectivity index is 2.54. The monoisotopic (exact) mass is 222 g/mol. The first-order valence-electron chi connectivity index (χ1n) is 4.50. The van der Waals surface area contributed by atoms with E-state index in [1.807, 2.05) is 12.3 Å². The number of aromatic amines is 1. The molecule has 2 aromatic heterocycles. The summed E-state index contributed by atoms with van der Waals surface area (Å²) in [6, 6.07) is 0. The van der Waals surface area contributed by atoms with E-state index in [9.17, 15) is 4.79 Å². The van der Waals surface area contributed by atoms with Gasteiger partial charge in [0.2, 0.25) is 0 Å². The van der Waals surface area contributed by atoms with E-state index in [1.165, 1.54) is 11.3 Å². The van der Waals surface area contributed by atoms with E-state index in [0.29, 0.717) is 29.1 Å². The molecule has 15 heavy (non-hydrogen) atoms. The lowest BCUT2D eigenvalue weighted by Gasteiger charge is -2.05. The van der Waals surface area contributed by atoms with Crippen LogP contribution in [0, 0.1) is 0 Å². The summed E-state index contributed by atoms with van der Waals surface area (Å²) in [5, 5.41) is 4.20. The molecule has 0 unspecified atom stereocenters. The Labute approximate surface area is 90.2 Å². The van der Waals surface area contributed by atoms with E-state index < -0.39 is 0 Å². The molecule has 0 aromatic carbocycles. The zero-order chi connectivity index (χ0) is 10.8. The van der Waals surface area contributed by atoms with Crippen LogP contribution in [-0.2, 0) is 4.74 Å². The smallest absolute Gasteiger partial charge is 0.259 e. The number of thiophene rings is 1. The molecule has 5 heteroatoms. The maximum Gasteiger partial charge on any atom is 0.259 e. The Bertz CT molecular complexity index is 556. The molecular formula is C10H10N2O2S. The minimum Gasteiger partial charge on any atom is -0.491 e. The summed E-state index contributed by atoms with van der Waals surface area (Å²) >= 11 is 1.45. The van der Waals surface area contributed by atoms with E-state index in [2.05, 4.69) is 16.5 Å². The Hall–Kier alpha value is -1.62. The third-order valence-electron chi connectivity index (χ3n) is 1.93. The number of H-pyrrole nitrogens is 1. The maximum absolute atomic E-state index is 11.6. The highest BCUT2D eigenvalue weighted by Gasteiger charge is 2.07. The van der Waals surface area contributed by atoms with Crippen LogP contribution >= 0.6 is 11.3 Å². The molecule has 2 rings (SSSR count). The summed E-state index contributed by atoms with van der Waals surface area (Å²) in [7, 11) is 0. The molecule has 0 aliphatic heterocycles. The van der Waals surface area contributed by atoms with Gasteiger partial charge in [-0.3, -0.25) is 4.79 Å². The van der Waals surface area contributed by atoms with Gasteiger partial charge in [0.25, 0.3) is 5.56 Å². The molecule has 2 aromatic rings. The molecular weight excluding hydrogens is 212 g/mol. The average Bonchev–Trinajstić information content (AvgIpc) is 2.66. The van der Waals surface area contributed by atoms with Gasteiger partial charge in [-0.15, -0.1) is 11.3 Å². The lowest BCUT2D eigenvalue weighted by Crippen LogP contribution is -2.10. The molecule has 0 aliphatic carbocycles. The SMILES string of the molecule is C=C(OCC)c1nc2cscc2c(=O)[nH]1. The molecule has 78 valence electrons. The number of aromatic nitrogens is 2. The number of nitrogens with zero attached hydrogens (tertiary/aromatic N) is 1. The molecule has 0 amide bonds. The number of hydrogen-bond acceptors (Lipinski definition) is 4. The minimum atomic E-state index is -0.155. The van der Waals surface area contributed by atoms with Gasteiger partial charge in [0.15, 0.2) is 11.6 Å². The predicted molar refractivity (Wildman–Crippen MR) is 60.9 cm³/mol. The molecule has 0 saturated carbocycles. The van der Waals surface area contributed by atoms with E-state index in [4.69, 9.17) is 4.74 Å². The van der Waals surface area contributed by atoms with Crippen LogP contribution in [0.2, 0.25) is 0 Å². The summed E-state index contributed by atoms with van der Waals surface area (Å²) in [5.74, 6) is 0.787. The van der Waals surface area contributed by atoms with Crippen LogP contribution in [0.5, 0.6) is 0 Å². The van der Waals surface area contributed by atoms with Crippen LogP contribution in [0.4, 0.5) is 0 Å². The summed E-state index contributed by atoms with van der Waals surface area (Å²) < 4.78 is 5.18. The van der Waals surface area contributed by atoms with Crippen molar-refractivity contribution >= 4 is 28.0 Å². The van der Waals surface area contributed by atoms with Gasteiger partial charge < -0.3 is 9.72 Å². The van der Waals surface area contributed by atoms with Crippen molar-refractivity contribution in [2.75, 3.05) is 6.61 Å². The molecule has 0 spiro atoms. The van der Waals surface area contributed by atoms with Crippen molar-refractivity contribution in [1.29, 1.82) is 0 Å². The van der Waals surface area contributed by atoms with Crippen molar-refractivity contribution < 1.29 is 4.74 Å². The Kier molecular flexibility index (Phi) is 2.55. The van der Waals surface area contributed by atoms with Crippen LogP contribution in [0.1, 0.15) is 12.7 Å². The lowest BCUT2D eigenvalue weighted by atomic mass is 10.4. The van der Waals surface area contributed by atoms with Gasteiger partial charge in [-0.2, -0.15) is 0 Å². The lowest BCUT2D eigenvalue weighted by molar-refractivity contribution is 0.296. The first kappa shape index (κ1) is 9.92. The van der Waals surface area contributed by atoms with Gasteiger partial charge in [-0.25, -0.2) is 4.98 Å². The second-order valence-electron chi connectivity index (χ2n) is 2.94. The second-order valence-corrected chi connectivity index (χ2v) is 3.68. The summed E-state index contributed by atoms with van der Waals surface area (Å²) in [4.78, 5) is 18.5. The molecule has 1 N–H and O–H groups in total. The van der Waals surface area contributed by atoms with Crippen LogP contribution < -0.4 is 5.56 Å². The molecule has 2 heterocycles. The first-order chi connectivity index (χ1) is 7.22. The fourth-order valence-corrected chi connectivity index (χ4v) is 1.99. The quantitative estimate of drug-likeness (QED) is 0.808. The molecule has 0 aliphatic rings. The van der Waals surface area contributed by atoms with Gasteiger partial charge in [0, 0.05) is 10.8 Å². The van der Waals surface area contributed by atoms with E-state index in [1.54, 1.807) is 5.38 Å². The van der Waals surface area contributed by atoms with Crippen molar-refractivity contribution in [2.45, 2.75) is 6.92 Å². The fraction of sp³-hybridized carbons (Fsp3) is 0.200. The topological polar surface area (TPSA) is 55.0 Å². The molecule has 0 bridgehead atoms. The van der Waals surface area contributed by atoms with Crippen molar-refractivity contribution in [1.82, 2.24) is 9.97 Å². The van der Waals surface area contributed by atoms with Crippen molar-refractivity contribution in [3.05, 3.63) is 33.5 Å². The summed E-state index contributed by atoms with van der Waals surface area (Å²) in [5.41, 5.74) is 0.525. The minimum absolute atomic E-state index is 0.155. The van der Waals surface area contributed by atoms with Crippen LogP contribution in [-0.4, -0.2) is 16.6 Å². The third-order valence-corrected chi connectivity index (χ3v) is 2.66. The fourth-order valence-electron chi connectivity index (χ4n) is 1.24. The van der Waals surface area contributed by atoms with Gasteiger partial charge >= 0.3 is 0 Å². The van der Waals surface area contributed by atoms with Crippen molar-refractivity contribution in [3.63, 3.8) is 0 Å². The summed E-state index contributed by atoms with van der Waals surface area (Å²) in [6.45, 7) is 6.05.